The van der Waals surface area contributed by atoms with E-state index in [0.717, 1.165) is 47.1 Å². The first-order valence-corrected chi connectivity index (χ1v) is 11.0. The van der Waals surface area contributed by atoms with Crippen LogP contribution in [0.2, 0.25) is 0 Å². The Bertz CT molecular complexity index is 993. The first-order chi connectivity index (χ1) is 14.7. The van der Waals surface area contributed by atoms with E-state index in [9.17, 15) is 0 Å². The van der Waals surface area contributed by atoms with Crippen molar-refractivity contribution in [2.45, 2.75) is 0 Å². The summed E-state index contributed by atoms with van der Waals surface area (Å²) in [5.74, 6) is 2.11. The molecule has 2 aliphatic heterocycles. The normalized spacial score (nSPS) is 17.5. The molecule has 0 saturated carbocycles. The summed E-state index contributed by atoms with van der Waals surface area (Å²) in [5.41, 5.74) is 1.96. The van der Waals surface area contributed by atoms with E-state index in [1.807, 2.05) is 31.1 Å². The number of aromatic nitrogens is 4. The van der Waals surface area contributed by atoms with E-state index in [1.165, 1.54) is 0 Å². The number of ether oxygens (including phenoxy) is 2. The third kappa shape index (κ3) is 3.90. The van der Waals surface area contributed by atoms with Crippen molar-refractivity contribution >= 4 is 38.6 Å². The van der Waals surface area contributed by atoms with Crippen molar-refractivity contribution < 1.29 is 9.47 Å². The number of morpholine rings is 2. The number of rotatable bonds is 4. The van der Waals surface area contributed by atoms with Gasteiger partial charge in [0.05, 0.1) is 36.6 Å². The Morgan fingerprint density at radius 1 is 0.833 bits per heavy atom. The van der Waals surface area contributed by atoms with Gasteiger partial charge in [-0.05, 0) is 18.2 Å². The average molecular weight is 428 g/mol. The Balaban J connectivity index is 1.56. The van der Waals surface area contributed by atoms with Gasteiger partial charge in [0, 0.05) is 45.8 Å². The second-order valence-electron chi connectivity index (χ2n) is 7.53. The molecule has 0 bridgehead atoms. The van der Waals surface area contributed by atoms with Crippen LogP contribution in [0, 0.1) is 0 Å². The highest BCUT2D eigenvalue weighted by molar-refractivity contribution is 7.22. The summed E-state index contributed by atoms with van der Waals surface area (Å²) in [6.07, 6.45) is 0. The molecule has 10 heteroatoms. The number of benzene rings is 1. The van der Waals surface area contributed by atoms with E-state index in [2.05, 4.69) is 20.9 Å². The van der Waals surface area contributed by atoms with Crippen molar-refractivity contribution in [3.63, 3.8) is 0 Å². The third-order valence-corrected chi connectivity index (χ3v) is 6.40. The summed E-state index contributed by atoms with van der Waals surface area (Å²) in [7, 11) is 4.02. The van der Waals surface area contributed by atoms with Gasteiger partial charge in [-0.3, -0.25) is 0 Å². The fraction of sp³-hybridized carbons (Fsp3) is 0.500. The van der Waals surface area contributed by atoms with E-state index in [4.69, 9.17) is 24.4 Å². The molecule has 0 amide bonds. The Morgan fingerprint density at radius 2 is 1.43 bits per heavy atom. The SMILES string of the molecule is CN(C)c1nc2ccc(-c3nc(N4CCOCC4)nc(N4CCOCC4)n3)cc2s1. The van der Waals surface area contributed by atoms with E-state index in [1.54, 1.807) is 11.3 Å². The molecule has 9 nitrogen and oxygen atoms in total. The molecule has 4 heterocycles. The molecular formula is C20H25N7O2S. The lowest BCUT2D eigenvalue weighted by molar-refractivity contribution is 0.121. The van der Waals surface area contributed by atoms with Crippen LogP contribution in [0.25, 0.3) is 21.6 Å². The number of fused-ring (bicyclic) bond motifs is 1. The number of hydrogen-bond donors (Lipinski definition) is 0. The number of thiazole rings is 1. The molecule has 2 aliphatic rings. The maximum absolute atomic E-state index is 5.50. The topological polar surface area (TPSA) is 79.7 Å². The van der Waals surface area contributed by atoms with Crippen LogP contribution in [0.5, 0.6) is 0 Å². The highest BCUT2D eigenvalue weighted by Crippen LogP contribution is 2.31. The largest absolute Gasteiger partial charge is 0.378 e. The maximum Gasteiger partial charge on any atom is 0.230 e. The van der Waals surface area contributed by atoms with Crippen LogP contribution in [0.1, 0.15) is 0 Å². The second kappa shape index (κ2) is 8.29. The zero-order chi connectivity index (χ0) is 20.5. The highest BCUT2D eigenvalue weighted by Gasteiger charge is 2.21. The van der Waals surface area contributed by atoms with Crippen molar-refractivity contribution in [3.05, 3.63) is 18.2 Å². The molecule has 2 fully saturated rings. The van der Waals surface area contributed by atoms with Crippen molar-refractivity contribution in [2.75, 3.05) is 81.4 Å². The lowest BCUT2D eigenvalue weighted by atomic mass is 10.2. The first kappa shape index (κ1) is 19.4. The van der Waals surface area contributed by atoms with E-state index in [0.29, 0.717) is 44.1 Å². The van der Waals surface area contributed by atoms with Gasteiger partial charge in [-0.25, -0.2) is 4.98 Å². The van der Waals surface area contributed by atoms with Crippen LogP contribution in [-0.4, -0.2) is 86.6 Å². The minimum atomic E-state index is 0.689. The number of nitrogens with zero attached hydrogens (tertiary/aromatic N) is 7. The lowest BCUT2D eigenvalue weighted by Gasteiger charge is -2.30. The molecule has 0 atom stereocenters. The van der Waals surface area contributed by atoms with Gasteiger partial charge in [-0.1, -0.05) is 11.3 Å². The Hall–Kier alpha value is -2.56. The fourth-order valence-electron chi connectivity index (χ4n) is 3.54. The maximum atomic E-state index is 5.50. The predicted octanol–water partition coefficient (Wildman–Crippen LogP) is 1.89. The first-order valence-electron chi connectivity index (χ1n) is 10.2. The van der Waals surface area contributed by atoms with Gasteiger partial charge in [-0.15, -0.1) is 0 Å². The second-order valence-corrected chi connectivity index (χ2v) is 8.54. The predicted molar refractivity (Wildman–Crippen MR) is 119 cm³/mol. The molecule has 158 valence electrons. The highest BCUT2D eigenvalue weighted by atomic mass is 32.1. The zero-order valence-corrected chi connectivity index (χ0v) is 18.1. The summed E-state index contributed by atoms with van der Waals surface area (Å²) in [5, 5.41) is 0.987. The minimum absolute atomic E-state index is 0.689. The number of anilines is 3. The van der Waals surface area contributed by atoms with Gasteiger partial charge in [0.25, 0.3) is 0 Å². The van der Waals surface area contributed by atoms with Gasteiger partial charge in [-0.2, -0.15) is 15.0 Å². The summed E-state index contributed by atoms with van der Waals surface area (Å²) in [6.45, 7) is 5.89. The molecule has 0 radical (unpaired) electrons. The van der Waals surface area contributed by atoms with Crippen molar-refractivity contribution in [2.24, 2.45) is 0 Å². The number of hydrogen-bond acceptors (Lipinski definition) is 10. The molecule has 3 aromatic rings. The van der Waals surface area contributed by atoms with E-state index < -0.39 is 0 Å². The van der Waals surface area contributed by atoms with Crippen molar-refractivity contribution in [3.8, 4) is 11.4 Å². The summed E-state index contributed by atoms with van der Waals surface area (Å²) < 4.78 is 12.1. The van der Waals surface area contributed by atoms with Gasteiger partial charge < -0.3 is 24.2 Å². The molecule has 1 aromatic carbocycles. The lowest BCUT2D eigenvalue weighted by Crippen LogP contribution is -2.40. The smallest absolute Gasteiger partial charge is 0.230 e. The van der Waals surface area contributed by atoms with Gasteiger partial charge >= 0.3 is 0 Å². The molecule has 0 aliphatic carbocycles. The summed E-state index contributed by atoms with van der Waals surface area (Å²) in [6, 6.07) is 6.21. The molecule has 0 spiro atoms. The van der Waals surface area contributed by atoms with Crippen LogP contribution < -0.4 is 14.7 Å². The van der Waals surface area contributed by atoms with E-state index in [-0.39, 0.29) is 0 Å². The minimum Gasteiger partial charge on any atom is -0.378 e. The van der Waals surface area contributed by atoms with E-state index >= 15 is 0 Å². The Morgan fingerprint density at radius 3 is 2.00 bits per heavy atom. The summed E-state index contributed by atoms with van der Waals surface area (Å²) >= 11 is 1.67. The van der Waals surface area contributed by atoms with Gasteiger partial charge in [0.1, 0.15) is 0 Å². The van der Waals surface area contributed by atoms with Crippen LogP contribution in [0.15, 0.2) is 18.2 Å². The van der Waals surface area contributed by atoms with Crippen LogP contribution in [0.3, 0.4) is 0 Å². The van der Waals surface area contributed by atoms with Gasteiger partial charge in [0.2, 0.25) is 11.9 Å². The molecule has 0 unspecified atom stereocenters. The average Bonchev–Trinajstić information content (AvgIpc) is 3.24. The quantitative estimate of drug-likeness (QED) is 0.620. The Labute approximate surface area is 179 Å². The molecule has 30 heavy (non-hydrogen) atoms. The van der Waals surface area contributed by atoms with Gasteiger partial charge in [0.15, 0.2) is 11.0 Å². The molecule has 5 rings (SSSR count). The Kier molecular flexibility index (Phi) is 5.36. The van der Waals surface area contributed by atoms with Crippen molar-refractivity contribution in [1.29, 1.82) is 0 Å². The standard InChI is InChI=1S/C20H25N7O2S/c1-25(2)20-21-15-4-3-14(13-16(15)30-20)17-22-18(26-5-9-28-10-6-26)24-19(23-17)27-7-11-29-12-8-27/h3-4,13H,5-12H2,1-2H3. The summed E-state index contributed by atoms with van der Waals surface area (Å²) in [4.78, 5) is 25.5. The molecule has 2 saturated heterocycles. The van der Waals surface area contributed by atoms with Crippen LogP contribution in [-0.2, 0) is 9.47 Å². The molecule has 0 N–H and O–H groups in total. The van der Waals surface area contributed by atoms with Crippen molar-refractivity contribution in [1.82, 2.24) is 19.9 Å². The van der Waals surface area contributed by atoms with Crippen LogP contribution >= 0.6 is 11.3 Å². The van der Waals surface area contributed by atoms with Crippen LogP contribution in [0.4, 0.5) is 17.0 Å². The third-order valence-electron chi connectivity index (χ3n) is 5.22. The monoisotopic (exact) mass is 427 g/mol. The molecule has 2 aromatic heterocycles. The molecular weight excluding hydrogens is 402 g/mol. The fourth-order valence-corrected chi connectivity index (χ4v) is 4.46. The zero-order valence-electron chi connectivity index (χ0n) is 17.2.